The van der Waals surface area contributed by atoms with Crippen LogP contribution in [0.5, 0.6) is 0 Å². The molecular weight excluding hydrogens is 1820 g/mol. The molecule has 0 bridgehead atoms. The molecule has 14 aromatic carbocycles. The molecule has 0 amide bonds. The van der Waals surface area contributed by atoms with Gasteiger partial charge in [-0.1, -0.05) is 282 Å². The first-order valence-electron chi connectivity index (χ1n) is 41.6. The summed E-state index contributed by atoms with van der Waals surface area (Å²) in [4.78, 5) is 19.6. The van der Waals surface area contributed by atoms with Crippen molar-refractivity contribution >= 4 is 0 Å². The van der Waals surface area contributed by atoms with Gasteiger partial charge in [-0.15, -0.1) is 131 Å². The molecule has 120 heavy (non-hydrogen) atoms. The molecule has 18 aromatic rings. The smallest absolute Gasteiger partial charge is 0.0379 e. The van der Waals surface area contributed by atoms with Crippen LogP contribution in [0.25, 0.3) is 179 Å². The minimum Gasteiger partial charge on any atom is -0.304 e. The maximum absolute atomic E-state index is 13.9. The average molecular weight is 1910 g/mol. The number of benzene rings is 14. The van der Waals surface area contributed by atoms with Crippen molar-refractivity contribution in [3.05, 3.63) is 435 Å². The molecule has 0 N–H and O–H groups in total. The van der Waals surface area contributed by atoms with Gasteiger partial charge in [0, 0.05) is 104 Å². The van der Waals surface area contributed by atoms with E-state index in [0.717, 1.165) is 162 Å². The number of aryl methyl sites for hydroxylation is 2. The van der Waals surface area contributed by atoms with E-state index in [-0.39, 0.29) is 57.5 Å². The monoisotopic (exact) mass is 1910 g/mol. The predicted molar refractivity (Wildman–Crippen MR) is 484 cm³/mol. The number of pyridine rings is 4. The van der Waals surface area contributed by atoms with Crippen molar-refractivity contribution in [2.45, 2.75) is 53.3 Å². The fraction of sp³-hybridized carbons (Fsp3) is 0.0714. The number of aromatic nitrogens is 4. The largest absolute Gasteiger partial charge is 0.304 e. The van der Waals surface area contributed by atoms with Gasteiger partial charge in [0.05, 0.1) is 0 Å². The van der Waals surface area contributed by atoms with Crippen molar-refractivity contribution in [2.24, 2.45) is 0 Å². The summed E-state index contributed by atoms with van der Waals surface area (Å²) in [6.45, 7) is 7.38. The standard InChI is InChI=1S/2C56H41FN2.2Ir/c2*1-37(2)51-33-55(43-26-28-46(57)29-27-43)58-35-53(51)49-20-12-10-18-47(49)44-30-38(3)31-45(32-44)48-19-11-13-21-50(48)54-36-59-56(42-16-8-5-9-17-42)34-52(54)41-24-22-40(23-25-41)39-14-6-4-7-15-39;;/h2*4-16,18-26,28-37H,1-3H3;;/q2*-2;;/i1D3,37D;;;. The van der Waals surface area contributed by atoms with Gasteiger partial charge in [0.25, 0.3) is 0 Å². The fourth-order valence-corrected chi connectivity index (χ4v) is 15.8. The first-order valence-corrected chi connectivity index (χ1v) is 39.6. The van der Waals surface area contributed by atoms with Gasteiger partial charge in [-0.2, -0.15) is 0 Å². The third-order valence-electron chi connectivity index (χ3n) is 21.6. The second-order valence-corrected chi connectivity index (χ2v) is 29.9. The SMILES string of the molecule is Cc1cc(-c2ccccc2-c2cnc(-c3[c-]cccc3)cc2-c2ccc(-c3ccccc3)cc2)cc(-c2ccccc2-c2cnc(-c3[c-]cc(F)cc3)cc2C(C)C)c1.[2H]C([2H])([2H])C([2H])(C)c1cc(-c2[c-]cc(F)cc2)ncc1-c1ccccc1-c1cc(C)cc(-c2ccccc2-c2cnc(-c3[c-]cccc3)cc2-c2ccc(-c3ccccc3)cc2)c1.[Ir].[Ir]. The summed E-state index contributed by atoms with van der Waals surface area (Å²) in [5.41, 5.74) is 34.5. The van der Waals surface area contributed by atoms with Crippen molar-refractivity contribution < 1.29 is 54.5 Å². The molecule has 586 valence electrons. The van der Waals surface area contributed by atoms with E-state index in [2.05, 4.69) is 264 Å². The van der Waals surface area contributed by atoms with Crippen molar-refractivity contribution in [3.63, 3.8) is 0 Å². The number of rotatable bonds is 18. The van der Waals surface area contributed by atoms with Crippen molar-refractivity contribution in [1.82, 2.24) is 19.9 Å². The van der Waals surface area contributed by atoms with Crippen LogP contribution in [0, 0.1) is 49.7 Å². The Kier molecular flexibility index (Phi) is 23.8. The van der Waals surface area contributed by atoms with E-state index in [1.165, 1.54) is 47.9 Å². The zero-order valence-electron chi connectivity index (χ0n) is 70.6. The van der Waals surface area contributed by atoms with Crippen molar-refractivity contribution in [1.29, 1.82) is 0 Å². The second-order valence-electron chi connectivity index (χ2n) is 29.9. The summed E-state index contributed by atoms with van der Waals surface area (Å²) in [7, 11) is 0. The maximum Gasteiger partial charge on any atom is 0.0379 e. The average Bonchev–Trinajstić information content (AvgIpc) is 0.750. The second kappa shape index (κ2) is 37.2. The molecular formula is C112H82F2Ir2N4-4. The number of hydrogen-bond acceptors (Lipinski definition) is 4. The Labute approximate surface area is 735 Å². The van der Waals surface area contributed by atoms with Crippen LogP contribution in [0.1, 0.15) is 67.2 Å². The summed E-state index contributed by atoms with van der Waals surface area (Å²) in [5.74, 6) is -2.54. The first-order chi connectivity index (χ1) is 59.3. The third kappa shape index (κ3) is 18.0. The van der Waals surface area contributed by atoms with Crippen molar-refractivity contribution in [2.75, 3.05) is 0 Å². The van der Waals surface area contributed by atoms with Gasteiger partial charge >= 0.3 is 0 Å². The van der Waals surface area contributed by atoms with E-state index in [4.69, 9.17) is 24.0 Å². The molecule has 4 heterocycles. The number of halogens is 2. The number of nitrogens with zero attached hydrogens (tertiary/aromatic N) is 4. The van der Waals surface area contributed by atoms with Crippen LogP contribution in [0.2, 0.25) is 0 Å². The van der Waals surface area contributed by atoms with Gasteiger partial charge in [-0.3, -0.25) is 8.78 Å². The molecule has 1 atom stereocenters. The van der Waals surface area contributed by atoms with E-state index in [0.29, 0.717) is 16.8 Å². The summed E-state index contributed by atoms with van der Waals surface area (Å²) in [6.07, 6.45) is 7.58. The zero-order valence-corrected chi connectivity index (χ0v) is 71.4. The predicted octanol–water partition coefficient (Wildman–Crippen LogP) is 30.0. The fourth-order valence-electron chi connectivity index (χ4n) is 15.8. The van der Waals surface area contributed by atoms with Gasteiger partial charge in [0.2, 0.25) is 0 Å². The molecule has 1 unspecified atom stereocenters. The van der Waals surface area contributed by atoms with Crippen LogP contribution in [0.15, 0.2) is 377 Å². The summed E-state index contributed by atoms with van der Waals surface area (Å²) in [5, 5.41) is 0. The van der Waals surface area contributed by atoms with E-state index in [1.54, 1.807) is 24.4 Å². The summed E-state index contributed by atoms with van der Waals surface area (Å²) in [6, 6.07) is 130. The molecule has 0 saturated carbocycles. The van der Waals surface area contributed by atoms with E-state index < -0.39 is 18.6 Å². The molecule has 0 aliphatic rings. The van der Waals surface area contributed by atoms with Crippen LogP contribution in [0.3, 0.4) is 0 Å². The minimum absolute atomic E-state index is 0. The third-order valence-corrected chi connectivity index (χ3v) is 21.6. The van der Waals surface area contributed by atoms with Gasteiger partial charge < -0.3 is 19.9 Å². The summed E-state index contributed by atoms with van der Waals surface area (Å²) >= 11 is 0. The van der Waals surface area contributed by atoms with Crippen LogP contribution in [-0.4, -0.2) is 19.9 Å². The topological polar surface area (TPSA) is 51.6 Å². The molecule has 4 nitrogen and oxygen atoms in total. The Hall–Kier alpha value is -13.2. The van der Waals surface area contributed by atoms with Gasteiger partial charge in [0.1, 0.15) is 0 Å². The van der Waals surface area contributed by atoms with Crippen molar-refractivity contribution in [3.8, 4) is 179 Å². The van der Waals surface area contributed by atoms with Crippen LogP contribution in [0.4, 0.5) is 8.78 Å². The first kappa shape index (κ1) is 76.8. The Morgan fingerprint density at radius 2 is 0.567 bits per heavy atom. The van der Waals surface area contributed by atoms with Crippen LogP contribution < -0.4 is 0 Å². The maximum atomic E-state index is 13.9. The Morgan fingerprint density at radius 3 is 0.908 bits per heavy atom. The molecule has 0 spiro atoms. The molecule has 0 aliphatic carbocycles. The molecule has 4 aromatic heterocycles. The molecule has 0 aliphatic heterocycles. The van der Waals surface area contributed by atoms with Gasteiger partial charge in [0.15, 0.2) is 0 Å². The summed E-state index contributed by atoms with van der Waals surface area (Å²) < 4.78 is 62.2. The molecule has 0 fully saturated rings. The van der Waals surface area contributed by atoms with Crippen LogP contribution >= 0.6 is 0 Å². The molecule has 2 radical (unpaired) electrons. The van der Waals surface area contributed by atoms with E-state index >= 15 is 0 Å². The van der Waals surface area contributed by atoms with E-state index in [9.17, 15) is 10.2 Å². The molecule has 18 rings (SSSR count). The quantitative estimate of drug-likeness (QED) is 0.0804. The van der Waals surface area contributed by atoms with Crippen LogP contribution in [-0.2, 0) is 40.2 Å². The normalized spacial score (nSPS) is 12.1. The number of hydrogen-bond donors (Lipinski definition) is 0. The molecule has 0 saturated heterocycles. The van der Waals surface area contributed by atoms with E-state index in [1.807, 2.05) is 116 Å². The molecule has 8 heteroatoms. The van der Waals surface area contributed by atoms with Gasteiger partial charge in [-0.05, 0) is 194 Å². The van der Waals surface area contributed by atoms with Gasteiger partial charge in [-0.25, -0.2) is 0 Å². The minimum atomic E-state index is -2.67. The zero-order chi connectivity index (χ0) is 84.0. The Balaban J connectivity index is 0.000000189. The Bertz CT molecular complexity index is 6810. The Morgan fingerprint density at radius 1 is 0.267 bits per heavy atom.